The van der Waals surface area contributed by atoms with E-state index < -0.39 is 220 Å². The Kier molecular flexibility index (Phi) is 49.6. The summed E-state index contributed by atoms with van der Waals surface area (Å²) in [5.41, 5.74) is 1.14. The van der Waals surface area contributed by atoms with Gasteiger partial charge >= 0.3 is 23.9 Å². The van der Waals surface area contributed by atoms with Crippen molar-refractivity contribution in [1.29, 1.82) is 0 Å². The molecule has 0 saturated carbocycles. The van der Waals surface area contributed by atoms with E-state index in [4.69, 9.17) is 94.7 Å². The van der Waals surface area contributed by atoms with E-state index in [1.165, 1.54) is 54.8 Å². The van der Waals surface area contributed by atoms with Gasteiger partial charge in [0.15, 0.2) is 37.0 Å². The first kappa shape index (κ1) is 112. The number of methoxy groups -OCH3 is 8. The zero-order chi connectivity index (χ0) is 95.6. The van der Waals surface area contributed by atoms with Crippen molar-refractivity contribution in [3.8, 4) is 0 Å². The van der Waals surface area contributed by atoms with Crippen LogP contribution in [0.15, 0.2) is 71.9 Å². The third-order valence-electron chi connectivity index (χ3n) is 27.2. The Morgan fingerprint density at radius 1 is 0.431 bits per heavy atom. The van der Waals surface area contributed by atoms with Crippen molar-refractivity contribution >= 4 is 23.9 Å². The normalized spacial score (nSPS) is 38.9. The zero-order valence-corrected chi connectivity index (χ0v) is 80.0. The molecule has 130 heavy (non-hydrogen) atoms. The van der Waals surface area contributed by atoms with Gasteiger partial charge in [-0.1, -0.05) is 101 Å². The Morgan fingerprint density at radius 3 is 1.14 bits per heavy atom. The first-order valence-corrected chi connectivity index (χ1v) is 46.9. The van der Waals surface area contributed by atoms with Crippen molar-refractivity contribution < 1.29 is 165 Å². The molecule has 0 radical (unpaired) electrons. The minimum Gasteiger partial charge on any atom is -0.459 e. The maximum atomic E-state index is 14.4. The number of rotatable bonds is 30. The van der Waals surface area contributed by atoms with Crippen LogP contribution in [0.4, 0.5) is 0 Å². The van der Waals surface area contributed by atoms with E-state index in [0.29, 0.717) is 62.5 Å². The fraction of sp³-hybridized carbons (Fsp3) is 0.833. The molecule has 4 saturated heterocycles. The first-order chi connectivity index (χ1) is 62.0. The molecule has 0 spiro atoms. The number of hydrogen-bond donors (Lipinski definition) is 10. The molecule has 0 aromatic rings. The van der Waals surface area contributed by atoms with Gasteiger partial charge in [0.2, 0.25) is 0 Å². The number of fused-ring (bicyclic) bond motifs is 4. The topological polar surface area (TPSA) is 455 Å². The smallest absolute Gasteiger partial charge is 0.337 e. The number of aliphatic hydroxyl groups excluding tert-OH is 10. The van der Waals surface area contributed by atoms with Gasteiger partial charge in [-0.15, -0.1) is 0 Å². The van der Waals surface area contributed by atoms with Crippen molar-refractivity contribution in [2.24, 2.45) is 35.5 Å². The standard InChI is InChI=1S/C96H160O34/c1-53-25-31-71(125-95-91(129-93(109)77(103)49-97)89(117-17)83(115-15)51-119-95)43-65-21-19-23-67(123-65)47-79(113-13)60(8)76(102)40-64(100)42-82(62(10)88(108)56(4)30-34-70-46-74(112-12)38-58(6)122-70)128-86(106)36-28-54(2)26-32-72(126-96-92(130-94(110)78(104)50-98)90(118-18)84(116-16)52-120-96)44-66-22-20-24-68(124-66)48-80(114-14)59(7)75(101)39-63(99)41-81(127-85(105)35-27-53)61(9)87(107)55(3)29-33-69-45-73(111-11)37-57(5)121-69/h19-22,25-28,35-36,55-84,87-92,95-104,107-108H,23-24,29-34,37-52H2,1-18H3/b35-27+,36-28?,53-25+,54-26+/t55-,56-,57-,58-,59-,60-,61+,62+,63+,64+,65-,66-,67-,68-,69-,70-,71-,72-,73+,74+,75-,76-,77-,78+,79-,80-,81-,82-,83-,84-,87-,88-,89+,90+,91-,92-,95+,96+/m0/s1. The maximum Gasteiger partial charge on any atom is 0.337 e. The van der Waals surface area contributed by atoms with Crippen molar-refractivity contribution in [2.75, 3.05) is 83.3 Å². The third-order valence-corrected chi connectivity index (χ3v) is 27.2. The fourth-order valence-corrected chi connectivity index (χ4v) is 18.8. The van der Waals surface area contributed by atoms with Crippen LogP contribution < -0.4 is 0 Å². The van der Waals surface area contributed by atoms with Crippen molar-refractivity contribution in [3.63, 3.8) is 0 Å². The third kappa shape index (κ3) is 35.7. The van der Waals surface area contributed by atoms with Gasteiger partial charge in [-0.2, -0.15) is 0 Å². The molecule has 38 atom stereocenters. The van der Waals surface area contributed by atoms with Gasteiger partial charge in [0.25, 0.3) is 0 Å². The molecule has 0 amide bonds. The average molecular weight is 1860 g/mol. The lowest BCUT2D eigenvalue weighted by Gasteiger charge is -2.42. The molecule has 7 aliphatic rings. The predicted octanol–water partition coefficient (Wildman–Crippen LogP) is 6.97. The summed E-state index contributed by atoms with van der Waals surface area (Å²) in [6.45, 7) is 16.5. The van der Waals surface area contributed by atoms with E-state index in [9.17, 15) is 70.2 Å². The molecule has 0 unspecified atom stereocenters. The van der Waals surface area contributed by atoms with Crippen LogP contribution in [0, 0.1) is 35.5 Å². The van der Waals surface area contributed by atoms with Crippen LogP contribution in [0.2, 0.25) is 0 Å². The van der Waals surface area contributed by atoms with Crippen LogP contribution in [-0.4, -0.2) is 354 Å². The summed E-state index contributed by atoms with van der Waals surface area (Å²) in [5.74, 6) is -7.29. The number of ether oxygens (including phenoxy) is 20. The van der Waals surface area contributed by atoms with Crippen molar-refractivity contribution in [3.05, 3.63) is 71.9 Å². The second-order valence-electron chi connectivity index (χ2n) is 37.2. The summed E-state index contributed by atoms with van der Waals surface area (Å²) in [5, 5.41) is 113. The second kappa shape index (κ2) is 57.5. The van der Waals surface area contributed by atoms with Crippen LogP contribution in [-0.2, 0) is 114 Å². The maximum absolute atomic E-state index is 14.4. The highest BCUT2D eigenvalue weighted by Crippen LogP contribution is 2.38. The van der Waals surface area contributed by atoms with E-state index in [1.807, 2.05) is 64.2 Å². The molecule has 0 aromatic heterocycles. The Balaban J connectivity index is 1.23. The summed E-state index contributed by atoms with van der Waals surface area (Å²) in [7, 11) is 12.1. The monoisotopic (exact) mass is 1860 g/mol. The van der Waals surface area contributed by atoms with Crippen LogP contribution in [0.1, 0.15) is 198 Å². The largest absolute Gasteiger partial charge is 0.459 e. The van der Waals surface area contributed by atoms with Gasteiger partial charge in [-0.3, -0.25) is 0 Å². The lowest BCUT2D eigenvalue weighted by atomic mass is 9.83. The Hall–Kier alpha value is -4.72. The Morgan fingerprint density at radius 2 is 0.800 bits per heavy atom. The molecule has 34 nitrogen and oxygen atoms in total. The molecule has 748 valence electrons. The highest BCUT2D eigenvalue weighted by Gasteiger charge is 2.49. The second-order valence-corrected chi connectivity index (χ2v) is 37.2. The Bertz CT molecular complexity index is 3230. The summed E-state index contributed by atoms with van der Waals surface area (Å²) < 4.78 is 123. The SMILES string of the molecule is CO[C@H]1C[C@H](CC[C@H](C)[C@H](O)[C@H](C)[C@@H]2C[C@H](O)C[C@H](O)[C@H](C)[C@@H](OC)C[C@@H]3CC=C[C@@H](C[C@@H](O[C@H]4OC[C@H](OC)[C@@H](OC)[C@@H]4OC(=O)[C@@H](O)CO)C/C=C(C)/C=C/C(=O)O[C@H]([C@@H](C)[C@@H](O)[C@@H](C)CC[C@H]4C[C@H](OC)C[C@H](C)O4)C[C@H](O)C[C@H](O)[C@H](C)[C@@H](OC)C[C@@H]4CC=C[C@@H](C[C@@H](O[C@H]5OC[C@H](OC)[C@@H](OC)[C@@H]5OC(=O)[C@H](O)CO)C/C=C(\C)C=CC(=O)O2)O4)O3)O[C@@H](C)C1. The van der Waals surface area contributed by atoms with Crippen LogP contribution in [0.5, 0.6) is 0 Å². The van der Waals surface area contributed by atoms with E-state index in [0.717, 1.165) is 12.8 Å². The number of allylic oxidation sites excluding steroid dienone is 4. The molecule has 7 heterocycles. The van der Waals surface area contributed by atoms with Crippen LogP contribution >= 0.6 is 0 Å². The van der Waals surface area contributed by atoms with Crippen molar-refractivity contribution in [1.82, 2.24) is 0 Å². The summed E-state index contributed by atoms with van der Waals surface area (Å²) in [4.78, 5) is 55.3. The van der Waals surface area contributed by atoms with E-state index in [1.54, 1.807) is 67.9 Å². The molecule has 10 N–H and O–H groups in total. The number of aliphatic hydroxyl groups is 10. The first-order valence-electron chi connectivity index (χ1n) is 46.9. The van der Waals surface area contributed by atoms with Crippen molar-refractivity contribution in [2.45, 2.75) is 393 Å². The molecule has 4 bridgehead atoms. The molecule has 0 aliphatic carbocycles. The van der Waals surface area contributed by atoms with E-state index in [-0.39, 0.29) is 126 Å². The summed E-state index contributed by atoms with van der Waals surface area (Å²) >= 11 is 0. The molecular formula is C96H160O34. The number of carbonyl (C=O) groups is 4. The minimum absolute atomic E-state index is 0.0170. The van der Waals surface area contributed by atoms with Gasteiger partial charge in [-0.05, 0) is 129 Å². The van der Waals surface area contributed by atoms with Gasteiger partial charge in [-0.25, -0.2) is 19.2 Å². The van der Waals surface area contributed by atoms with E-state index in [2.05, 4.69) is 0 Å². The average Bonchev–Trinajstić information content (AvgIpc) is 0.816. The predicted molar refractivity (Wildman–Crippen MR) is 475 cm³/mol. The summed E-state index contributed by atoms with van der Waals surface area (Å²) in [6.07, 6.45) is -3.68. The molecule has 7 rings (SSSR count). The Labute approximate surface area is 769 Å². The molecule has 7 aliphatic heterocycles. The summed E-state index contributed by atoms with van der Waals surface area (Å²) in [6, 6.07) is 0. The van der Waals surface area contributed by atoms with Crippen LogP contribution in [0.3, 0.4) is 0 Å². The number of carbonyl (C=O) groups excluding carboxylic acids is 4. The quantitative estimate of drug-likeness (QED) is 0.0197. The molecular weight excluding hydrogens is 1700 g/mol. The van der Waals surface area contributed by atoms with Gasteiger partial charge in [0, 0.05) is 131 Å². The zero-order valence-electron chi connectivity index (χ0n) is 80.0. The van der Waals surface area contributed by atoms with Gasteiger partial charge in [0.1, 0.15) is 36.6 Å². The molecule has 4 fully saturated rings. The number of hydrogen-bond acceptors (Lipinski definition) is 34. The minimum atomic E-state index is -1.90. The molecule has 34 heteroatoms. The van der Waals surface area contributed by atoms with E-state index >= 15 is 0 Å². The lowest BCUT2D eigenvalue weighted by Crippen LogP contribution is -2.58. The number of cyclic esters (lactones) is 2. The lowest BCUT2D eigenvalue weighted by molar-refractivity contribution is -0.296. The highest BCUT2D eigenvalue weighted by atomic mass is 16.7. The fourth-order valence-electron chi connectivity index (χ4n) is 18.8. The number of esters is 4. The molecule has 0 aromatic carbocycles. The van der Waals surface area contributed by atoms with Gasteiger partial charge < -0.3 is 146 Å². The highest BCUT2D eigenvalue weighted by molar-refractivity contribution is 5.83. The van der Waals surface area contributed by atoms with Crippen LogP contribution in [0.25, 0.3) is 0 Å². The van der Waals surface area contributed by atoms with Gasteiger partial charge in [0.05, 0.1) is 149 Å².